The topological polar surface area (TPSA) is 29.1 Å². The van der Waals surface area contributed by atoms with E-state index in [9.17, 15) is 9.18 Å². The molecule has 0 bridgehead atoms. The third-order valence-corrected chi connectivity index (χ3v) is 4.86. The molecule has 0 radical (unpaired) electrons. The SMILES string of the molecule is CC(Sc1ccccc1Cl)C(=O)NC(C)c1ccc(F)cc1. The molecule has 0 aliphatic rings. The Morgan fingerprint density at radius 2 is 1.77 bits per heavy atom. The van der Waals surface area contributed by atoms with E-state index in [1.54, 1.807) is 18.2 Å². The molecule has 2 nitrogen and oxygen atoms in total. The first-order valence-electron chi connectivity index (χ1n) is 6.94. The molecule has 2 unspecified atom stereocenters. The van der Waals surface area contributed by atoms with Gasteiger partial charge in [-0.15, -0.1) is 11.8 Å². The quantitative estimate of drug-likeness (QED) is 0.791. The number of hydrogen-bond donors (Lipinski definition) is 1. The van der Waals surface area contributed by atoms with Crippen LogP contribution in [0.2, 0.25) is 5.02 Å². The minimum atomic E-state index is -0.287. The monoisotopic (exact) mass is 337 g/mol. The Hall–Kier alpha value is -1.52. The molecule has 1 N–H and O–H groups in total. The lowest BCUT2D eigenvalue weighted by Crippen LogP contribution is -2.33. The molecule has 22 heavy (non-hydrogen) atoms. The minimum Gasteiger partial charge on any atom is -0.349 e. The Balaban J connectivity index is 1.96. The van der Waals surface area contributed by atoms with Crippen LogP contribution in [0.3, 0.4) is 0 Å². The highest BCUT2D eigenvalue weighted by molar-refractivity contribution is 8.00. The summed E-state index contributed by atoms with van der Waals surface area (Å²) in [6, 6.07) is 13.4. The summed E-state index contributed by atoms with van der Waals surface area (Å²) in [5.74, 6) is -0.369. The molecule has 0 aliphatic heterocycles. The molecule has 0 saturated heterocycles. The van der Waals surface area contributed by atoms with Crippen LogP contribution in [0, 0.1) is 5.82 Å². The largest absolute Gasteiger partial charge is 0.349 e. The smallest absolute Gasteiger partial charge is 0.233 e. The molecule has 0 spiro atoms. The lowest BCUT2D eigenvalue weighted by Gasteiger charge is -2.18. The van der Waals surface area contributed by atoms with Crippen molar-refractivity contribution in [1.82, 2.24) is 5.32 Å². The van der Waals surface area contributed by atoms with Crippen LogP contribution in [0.1, 0.15) is 25.5 Å². The van der Waals surface area contributed by atoms with Crippen LogP contribution in [0.5, 0.6) is 0 Å². The van der Waals surface area contributed by atoms with E-state index in [0.717, 1.165) is 10.5 Å². The van der Waals surface area contributed by atoms with Crippen molar-refractivity contribution >= 4 is 29.3 Å². The van der Waals surface area contributed by atoms with E-state index in [4.69, 9.17) is 11.6 Å². The number of nitrogens with one attached hydrogen (secondary N) is 1. The molecule has 0 heterocycles. The third kappa shape index (κ3) is 4.49. The van der Waals surface area contributed by atoms with E-state index in [2.05, 4.69) is 5.32 Å². The van der Waals surface area contributed by atoms with Crippen LogP contribution in [0.25, 0.3) is 0 Å². The molecular weight excluding hydrogens is 321 g/mol. The van der Waals surface area contributed by atoms with Gasteiger partial charge in [-0.3, -0.25) is 4.79 Å². The Bertz CT molecular complexity index is 647. The summed E-state index contributed by atoms with van der Waals surface area (Å²) in [5, 5.41) is 3.29. The zero-order chi connectivity index (χ0) is 16.1. The summed E-state index contributed by atoms with van der Waals surface area (Å²) in [5.41, 5.74) is 0.865. The van der Waals surface area contributed by atoms with Gasteiger partial charge in [-0.1, -0.05) is 35.9 Å². The summed E-state index contributed by atoms with van der Waals surface area (Å²) < 4.78 is 12.9. The number of rotatable bonds is 5. The van der Waals surface area contributed by atoms with Crippen LogP contribution < -0.4 is 5.32 Å². The number of hydrogen-bond acceptors (Lipinski definition) is 2. The second kappa shape index (κ2) is 7.65. The van der Waals surface area contributed by atoms with Crippen molar-refractivity contribution < 1.29 is 9.18 Å². The van der Waals surface area contributed by atoms with Crippen LogP contribution >= 0.6 is 23.4 Å². The number of benzene rings is 2. The highest BCUT2D eigenvalue weighted by Gasteiger charge is 2.18. The van der Waals surface area contributed by atoms with Gasteiger partial charge in [-0.2, -0.15) is 0 Å². The van der Waals surface area contributed by atoms with Gasteiger partial charge in [0, 0.05) is 4.90 Å². The zero-order valence-corrected chi connectivity index (χ0v) is 13.9. The maximum atomic E-state index is 12.9. The first kappa shape index (κ1) is 16.8. The van der Waals surface area contributed by atoms with Gasteiger partial charge in [-0.05, 0) is 43.7 Å². The van der Waals surface area contributed by atoms with E-state index < -0.39 is 0 Å². The van der Waals surface area contributed by atoms with Crippen molar-refractivity contribution in [2.45, 2.75) is 30.0 Å². The molecule has 5 heteroatoms. The van der Waals surface area contributed by atoms with Crippen molar-refractivity contribution in [3.8, 4) is 0 Å². The molecule has 2 aromatic rings. The average Bonchev–Trinajstić information content (AvgIpc) is 2.50. The molecule has 2 atom stereocenters. The summed E-state index contributed by atoms with van der Waals surface area (Å²) in [7, 11) is 0. The zero-order valence-electron chi connectivity index (χ0n) is 12.3. The van der Waals surface area contributed by atoms with Gasteiger partial charge in [0.2, 0.25) is 5.91 Å². The van der Waals surface area contributed by atoms with Crippen LogP contribution in [0.15, 0.2) is 53.4 Å². The van der Waals surface area contributed by atoms with Crippen molar-refractivity contribution in [3.05, 3.63) is 64.9 Å². The highest BCUT2D eigenvalue weighted by atomic mass is 35.5. The van der Waals surface area contributed by atoms with Gasteiger partial charge < -0.3 is 5.32 Å². The standard InChI is InChI=1S/C17H17ClFNOS/c1-11(13-7-9-14(19)10-8-13)20-17(21)12(2)22-16-6-4-3-5-15(16)18/h3-12H,1-2H3,(H,20,21). The van der Waals surface area contributed by atoms with E-state index >= 15 is 0 Å². The second-order valence-electron chi connectivity index (χ2n) is 4.97. The highest BCUT2D eigenvalue weighted by Crippen LogP contribution is 2.30. The summed E-state index contributed by atoms with van der Waals surface area (Å²) in [6.45, 7) is 3.71. The Morgan fingerprint density at radius 3 is 2.41 bits per heavy atom. The predicted octanol–water partition coefficient (Wildman–Crippen LogP) is 4.84. The third-order valence-electron chi connectivity index (χ3n) is 3.24. The predicted molar refractivity (Wildman–Crippen MR) is 89.7 cm³/mol. The van der Waals surface area contributed by atoms with Crippen molar-refractivity contribution in [1.29, 1.82) is 0 Å². The summed E-state index contributed by atoms with van der Waals surface area (Å²) in [4.78, 5) is 13.1. The van der Waals surface area contributed by atoms with Gasteiger partial charge in [0.05, 0.1) is 16.3 Å². The summed E-state index contributed by atoms with van der Waals surface area (Å²) in [6.07, 6.45) is 0. The van der Waals surface area contributed by atoms with Gasteiger partial charge in [-0.25, -0.2) is 4.39 Å². The number of amides is 1. The molecule has 0 saturated carbocycles. The Labute approximate surface area is 139 Å². The first-order chi connectivity index (χ1) is 10.5. The second-order valence-corrected chi connectivity index (χ2v) is 6.76. The normalized spacial score (nSPS) is 13.5. The first-order valence-corrected chi connectivity index (χ1v) is 8.20. The van der Waals surface area contributed by atoms with E-state index in [1.807, 2.05) is 32.0 Å². The Kier molecular flexibility index (Phi) is 5.86. The van der Waals surface area contributed by atoms with Gasteiger partial charge in [0.15, 0.2) is 0 Å². The minimum absolute atomic E-state index is 0.0817. The fraction of sp³-hybridized carbons (Fsp3) is 0.235. The van der Waals surface area contributed by atoms with E-state index in [-0.39, 0.29) is 23.0 Å². The van der Waals surface area contributed by atoms with Crippen LogP contribution in [-0.2, 0) is 4.79 Å². The fourth-order valence-electron chi connectivity index (χ4n) is 1.95. The lowest BCUT2D eigenvalue weighted by molar-refractivity contribution is -0.120. The number of carbonyl (C=O) groups excluding carboxylic acids is 1. The van der Waals surface area contributed by atoms with Crippen LogP contribution in [0.4, 0.5) is 4.39 Å². The molecule has 1 amide bonds. The lowest BCUT2D eigenvalue weighted by atomic mass is 10.1. The number of thioether (sulfide) groups is 1. The summed E-state index contributed by atoms with van der Waals surface area (Å²) >= 11 is 7.52. The van der Waals surface area contributed by atoms with Gasteiger partial charge in [0.1, 0.15) is 5.82 Å². The van der Waals surface area contributed by atoms with Crippen molar-refractivity contribution in [3.63, 3.8) is 0 Å². The molecule has 2 aromatic carbocycles. The Morgan fingerprint density at radius 1 is 1.14 bits per heavy atom. The van der Waals surface area contributed by atoms with Crippen molar-refractivity contribution in [2.24, 2.45) is 0 Å². The van der Waals surface area contributed by atoms with Gasteiger partial charge >= 0.3 is 0 Å². The molecule has 0 aliphatic carbocycles. The van der Waals surface area contributed by atoms with Gasteiger partial charge in [0.25, 0.3) is 0 Å². The van der Waals surface area contributed by atoms with Crippen LogP contribution in [-0.4, -0.2) is 11.2 Å². The van der Waals surface area contributed by atoms with E-state index in [1.165, 1.54) is 23.9 Å². The van der Waals surface area contributed by atoms with Crippen molar-refractivity contribution in [2.75, 3.05) is 0 Å². The fourth-order valence-corrected chi connectivity index (χ4v) is 3.11. The number of halogens is 2. The average molecular weight is 338 g/mol. The molecule has 0 aromatic heterocycles. The molecular formula is C17H17ClFNOS. The maximum Gasteiger partial charge on any atom is 0.233 e. The number of carbonyl (C=O) groups is 1. The molecule has 116 valence electrons. The maximum absolute atomic E-state index is 12.9. The van der Waals surface area contributed by atoms with E-state index in [0.29, 0.717) is 5.02 Å². The molecule has 0 fully saturated rings. The molecule has 2 rings (SSSR count).